The number of aryl methyl sites for hydroxylation is 1. The topological polar surface area (TPSA) is 83.5 Å². The predicted molar refractivity (Wildman–Crippen MR) is 85.8 cm³/mol. The van der Waals surface area contributed by atoms with Gasteiger partial charge in [0.05, 0.1) is 10.5 Å². The Morgan fingerprint density at radius 1 is 1.13 bits per heavy atom. The third-order valence-corrected chi connectivity index (χ3v) is 5.53. The summed E-state index contributed by atoms with van der Waals surface area (Å²) in [5, 5.41) is 9.01. The van der Waals surface area contributed by atoms with Gasteiger partial charge in [-0.25, -0.2) is 17.9 Å². The summed E-state index contributed by atoms with van der Waals surface area (Å²) in [4.78, 5) is 11.0. The minimum absolute atomic E-state index is 0.0274. The highest BCUT2D eigenvalue weighted by molar-refractivity contribution is 7.89. The quantitative estimate of drug-likeness (QED) is 0.902. The van der Waals surface area contributed by atoms with Gasteiger partial charge < -0.3 is 5.11 Å². The number of sulfonamides is 1. The van der Waals surface area contributed by atoms with Crippen molar-refractivity contribution in [3.63, 3.8) is 0 Å². The first-order valence-electron chi connectivity index (χ1n) is 7.41. The van der Waals surface area contributed by atoms with Gasteiger partial charge in [0, 0.05) is 6.04 Å². The Bertz CT molecular complexity index is 845. The molecular formula is C17H17NO4S. The number of benzene rings is 2. The van der Waals surface area contributed by atoms with Crippen molar-refractivity contribution < 1.29 is 18.3 Å². The largest absolute Gasteiger partial charge is 0.478 e. The smallest absolute Gasteiger partial charge is 0.335 e. The Labute approximate surface area is 135 Å². The average Bonchev–Trinajstić information content (AvgIpc) is 2.55. The SMILES string of the molecule is O=C(O)c1cccc(S(=O)(=O)N[C@@H]2CCCc3ccccc32)c1. The molecule has 1 aliphatic rings. The zero-order valence-corrected chi connectivity index (χ0v) is 13.2. The molecule has 0 heterocycles. The summed E-state index contributed by atoms with van der Waals surface area (Å²) in [7, 11) is -3.77. The second kappa shape index (κ2) is 6.14. The maximum Gasteiger partial charge on any atom is 0.335 e. The highest BCUT2D eigenvalue weighted by atomic mass is 32.2. The molecule has 0 fully saturated rings. The van der Waals surface area contributed by atoms with E-state index >= 15 is 0 Å². The molecule has 1 atom stereocenters. The van der Waals surface area contributed by atoms with Crippen LogP contribution in [0.3, 0.4) is 0 Å². The van der Waals surface area contributed by atoms with E-state index in [1.807, 2.05) is 24.3 Å². The van der Waals surface area contributed by atoms with E-state index in [0.717, 1.165) is 30.4 Å². The van der Waals surface area contributed by atoms with Crippen molar-refractivity contribution in [2.75, 3.05) is 0 Å². The molecule has 0 saturated carbocycles. The molecule has 6 heteroatoms. The number of carboxylic acid groups (broad SMARTS) is 1. The minimum atomic E-state index is -3.77. The molecule has 2 aromatic carbocycles. The number of carbonyl (C=O) groups is 1. The lowest BCUT2D eigenvalue weighted by Crippen LogP contribution is -2.31. The van der Waals surface area contributed by atoms with Crippen molar-refractivity contribution in [3.05, 3.63) is 65.2 Å². The Balaban J connectivity index is 1.91. The zero-order chi connectivity index (χ0) is 16.4. The molecule has 23 heavy (non-hydrogen) atoms. The maximum absolute atomic E-state index is 12.6. The molecule has 3 rings (SSSR count). The number of nitrogens with one attached hydrogen (secondary N) is 1. The van der Waals surface area contributed by atoms with Crippen molar-refractivity contribution in [2.45, 2.75) is 30.2 Å². The molecule has 2 aromatic rings. The molecule has 0 radical (unpaired) electrons. The van der Waals surface area contributed by atoms with Crippen LogP contribution in [-0.2, 0) is 16.4 Å². The summed E-state index contributed by atoms with van der Waals surface area (Å²) in [6.07, 6.45) is 2.59. The van der Waals surface area contributed by atoms with E-state index in [-0.39, 0.29) is 16.5 Å². The lowest BCUT2D eigenvalue weighted by atomic mass is 9.88. The molecule has 0 aromatic heterocycles. The fraction of sp³-hybridized carbons (Fsp3) is 0.235. The number of aromatic carboxylic acids is 1. The monoisotopic (exact) mass is 331 g/mol. The van der Waals surface area contributed by atoms with E-state index in [4.69, 9.17) is 5.11 Å². The van der Waals surface area contributed by atoms with E-state index in [0.29, 0.717) is 0 Å². The molecule has 1 aliphatic carbocycles. The van der Waals surface area contributed by atoms with E-state index < -0.39 is 16.0 Å². The van der Waals surface area contributed by atoms with Crippen molar-refractivity contribution in [3.8, 4) is 0 Å². The molecule has 5 nitrogen and oxygen atoms in total. The van der Waals surface area contributed by atoms with Crippen LogP contribution in [0, 0.1) is 0 Å². The second-order valence-corrected chi connectivity index (χ2v) is 7.31. The minimum Gasteiger partial charge on any atom is -0.478 e. The van der Waals surface area contributed by atoms with Crippen molar-refractivity contribution >= 4 is 16.0 Å². The van der Waals surface area contributed by atoms with Gasteiger partial charge in [0.2, 0.25) is 10.0 Å². The average molecular weight is 331 g/mol. The van der Waals surface area contributed by atoms with Gasteiger partial charge in [0.1, 0.15) is 0 Å². The van der Waals surface area contributed by atoms with E-state index in [1.54, 1.807) is 0 Å². The van der Waals surface area contributed by atoms with Crippen LogP contribution >= 0.6 is 0 Å². The predicted octanol–water partition coefficient (Wildman–Crippen LogP) is 2.74. The number of carboxylic acids is 1. The van der Waals surface area contributed by atoms with Crippen LogP contribution in [0.15, 0.2) is 53.4 Å². The molecule has 0 spiro atoms. The fourth-order valence-electron chi connectivity index (χ4n) is 2.93. The van der Waals surface area contributed by atoms with Gasteiger partial charge in [-0.05, 0) is 48.6 Å². The third kappa shape index (κ3) is 3.28. The van der Waals surface area contributed by atoms with E-state index in [9.17, 15) is 13.2 Å². The fourth-order valence-corrected chi connectivity index (χ4v) is 4.22. The Hall–Kier alpha value is -2.18. The molecule has 0 saturated heterocycles. The Kier molecular flexibility index (Phi) is 4.19. The Morgan fingerprint density at radius 2 is 1.91 bits per heavy atom. The number of hydrogen-bond donors (Lipinski definition) is 2. The second-order valence-electron chi connectivity index (χ2n) is 5.60. The van der Waals surface area contributed by atoms with Crippen molar-refractivity contribution in [2.24, 2.45) is 0 Å². The third-order valence-electron chi connectivity index (χ3n) is 4.06. The normalized spacial score (nSPS) is 17.5. The molecule has 0 aliphatic heterocycles. The summed E-state index contributed by atoms with van der Waals surface area (Å²) in [6.45, 7) is 0. The van der Waals surface area contributed by atoms with Crippen LogP contribution in [0.4, 0.5) is 0 Å². The summed E-state index contributed by atoms with van der Waals surface area (Å²) >= 11 is 0. The lowest BCUT2D eigenvalue weighted by Gasteiger charge is -2.26. The van der Waals surface area contributed by atoms with Crippen LogP contribution in [0.25, 0.3) is 0 Å². The number of hydrogen-bond acceptors (Lipinski definition) is 3. The first-order valence-corrected chi connectivity index (χ1v) is 8.89. The molecular weight excluding hydrogens is 314 g/mol. The van der Waals surface area contributed by atoms with Crippen molar-refractivity contribution in [1.82, 2.24) is 4.72 Å². The first-order chi connectivity index (χ1) is 11.0. The highest BCUT2D eigenvalue weighted by Gasteiger charge is 2.25. The summed E-state index contributed by atoms with van der Waals surface area (Å²) in [5.41, 5.74) is 2.11. The van der Waals surface area contributed by atoms with Gasteiger partial charge >= 0.3 is 5.97 Å². The van der Waals surface area contributed by atoms with Crippen LogP contribution in [0.1, 0.15) is 40.4 Å². The summed E-state index contributed by atoms with van der Waals surface area (Å²) < 4.78 is 27.9. The number of rotatable bonds is 4. The molecule has 0 amide bonds. The van der Waals surface area contributed by atoms with Gasteiger partial charge in [-0.1, -0.05) is 30.3 Å². The van der Waals surface area contributed by atoms with Gasteiger partial charge in [0.15, 0.2) is 0 Å². The summed E-state index contributed by atoms with van der Waals surface area (Å²) in [5.74, 6) is -1.15. The van der Waals surface area contributed by atoms with Gasteiger partial charge in [-0.15, -0.1) is 0 Å². The highest BCUT2D eigenvalue weighted by Crippen LogP contribution is 2.30. The van der Waals surface area contributed by atoms with Gasteiger partial charge in [-0.3, -0.25) is 0 Å². The molecule has 120 valence electrons. The van der Waals surface area contributed by atoms with E-state index in [2.05, 4.69) is 4.72 Å². The van der Waals surface area contributed by atoms with Crippen LogP contribution < -0.4 is 4.72 Å². The van der Waals surface area contributed by atoms with Crippen molar-refractivity contribution in [1.29, 1.82) is 0 Å². The lowest BCUT2D eigenvalue weighted by molar-refractivity contribution is 0.0696. The molecule has 0 bridgehead atoms. The van der Waals surface area contributed by atoms with Crippen LogP contribution in [0.5, 0.6) is 0 Å². The van der Waals surface area contributed by atoms with Crippen LogP contribution in [-0.4, -0.2) is 19.5 Å². The first kappa shape index (κ1) is 15.7. The Morgan fingerprint density at radius 3 is 2.70 bits per heavy atom. The molecule has 0 unspecified atom stereocenters. The van der Waals surface area contributed by atoms with Gasteiger partial charge in [0.25, 0.3) is 0 Å². The number of fused-ring (bicyclic) bond motifs is 1. The van der Waals surface area contributed by atoms with Crippen LogP contribution in [0.2, 0.25) is 0 Å². The summed E-state index contributed by atoms with van der Waals surface area (Å²) in [6, 6.07) is 12.9. The maximum atomic E-state index is 12.6. The van der Waals surface area contributed by atoms with Gasteiger partial charge in [-0.2, -0.15) is 0 Å². The molecule has 2 N–H and O–H groups in total. The zero-order valence-electron chi connectivity index (χ0n) is 12.4. The standard InChI is InChI=1S/C17H17NO4S/c19-17(20)13-7-3-8-14(11-13)23(21,22)18-16-10-4-6-12-5-1-2-9-15(12)16/h1-3,5,7-9,11,16,18H,4,6,10H2,(H,19,20)/t16-/m1/s1. The van der Waals surface area contributed by atoms with E-state index in [1.165, 1.54) is 24.3 Å².